The molecule has 2 heterocycles. The quantitative estimate of drug-likeness (QED) is 0.848. The predicted molar refractivity (Wildman–Crippen MR) is 77.1 cm³/mol. The molecule has 3 rings (SSSR count). The normalized spacial score (nSPS) is 15.2. The molecular weight excluding hydrogens is 254 g/mol. The molecule has 1 aromatic heterocycles. The number of benzene rings is 1. The highest BCUT2D eigenvalue weighted by Crippen LogP contribution is 2.30. The van der Waals surface area contributed by atoms with Gasteiger partial charge in [0.25, 0.3) is 0 Å². The van der Waals surface area contributed by atoms with E-state index in [-0.39, 0.29) is 5.69 Å². The van der Waals surface area contributed by atoms with E-state index in [1.807, 2.05) is 24.3 Å². The summed E-state index contributed by atoms with van der Waals surface area (Å²) in [6.07, 6.45) is 3.11. The minimum Gasteiger partial charge on any atom is -0.476 e. The number of hydrogen-bond acceptors (Lipinski definition) is 4. The molecule has 1 aliphatic heterocycles. The van der Waals surface area contributed by atoms with Gasteiger partial charge in [-0.25, -0.2) is 4.79 Å². The molecule has 20 heavy (non-hydrogen) atoms. The molecule has 0 atom stereocenters. The van der Waals surface area contributed by atoms with Crippen LogP contribution in [-0.2, 0) is 0 Å². The van der Waals surface area contributed by atoms with Crippen LogP contribution < -0.4 is 4.90 Å². The molecule has 0 bridgehead atoms. The molecule has 0 saturated carbocycles. The van der Waals surface area contributed by atoms with Crippen molar-refractivity contribution < 1.29 is 9.90 Å². The Morgan fingerprint density at radius 2 is 2.10 bits per heavy atom. The Morgan fingerprint density at radius 3 is 2.85 bits per heavy atom. The van der Waals surface area contributed by atoms with Crippen molar-refractivity contribution in [2.24, 2.45) is 0 Å². The molecule has 1 aliphatic rings. The molecule has 0 spiro atoms. The topological polar surface area (TPSA) is 66.3 Å². The van der Waals surface area contributed by atoms with Crippen LogP contribution in [-0.4, -0.2) is 34.4 Å². The summed E-state index contributed by atoms with van der Waals surface area (Å²) in [4.78, 5) is 13.5. The van der Waals surface area contributed by atoms with Crippen molar-refractivity contribution in [3.63, 3.8) is 0 Å². The van der Waals surface area contributed by atoms with Gasteiger partial charge in [-0.3, -0.25) is 0 Å². The zero-order chi connectivity index (χ0) is 14.1. The Kier molecular flexibility index (Phi) is 3.10. The maximum absolute atomic E-state index is 11.4. The summed E-state index contributed by atoms with van der Waals surface area (Å²) in [5, 5.41) is 18.1. The summed E-state index contributed by atoms with van der Waals surface area (Å²) in [6, 6.07) is 7.53. The van der Waals surface area contributed by atoms with E-state index in [0.717, 1.165) is 30.4 Å². The zero-order valence-corrected chi connectivity index (χ0v) is 11.2. The van der Waals surface area contributed by atoms with Crippen molar-refractivity contribution in [1.29, 1.82) is 0 Å². The number of nitrogens with zero attached hydrogens (tertiary/aromatic N) is 3. The first-order valence-corrected chi connectivity index (χ1v) is 6.56. The highest BCUT2D eigenvalue weighted by molar-refractivity contribution is 6.02. The lowest BCUT2D eigenvalue weighted by atomic mass is 10.1. The first-order chi connectivity index (χ1) is 9.66. The van der Waals surface area contributed by atoms with Crippen LogP contribution in [0.4, 0.5) is 5.69 Å². The van der Waals surface area contributed by atoms with Crippen LogP contribution in [0.2, 0.25) is 0 Å². The Labute approximate surface area is 116 Å². The van der Waals surface area contributed by atoms with Crippen molar-refractivity contribution in [3.05, 3.63) is 41.6 Å². The summed E-state index contributed by atoms with van der Waals surface area (Å²) in [6.45, 7) is 3.59. The molecule has 0 amide bonds. The van der Waals surface area contributed by atoms with Gasteiger partial charge in [0.1, 0.15) is 0 Å². The first kappa shape index (κ1) is 12.6. The van der Waals surface area contributed by atoms with Gasteiger partial charge >= 0.3 is 5.97 Å². The van der Waals surface area contributed by atoms with Crippen LogP contribution in [0.1, 0.15) is 23.8 Å². The number of hydrogen-bond donors (Lipinski definition) is 1. The Hall–Kier alpha value is -2.43. The molecule has 0 unspecified atom stereocenters. The van der Waals surface area contributed by atoms with Crippen LogP contribution in [0.5, 0.6) is 0 Å². The fraction of sp³-hybridized carbons (Fsp3) is 0.267. The molecule has 1 aromatic carbocycles. The van der Waals surface area contributed by atoms with Gasteiger partial charge in [-0.05, 0) is 19.4 Å². The third-order valence-electron chi connectivity index (χ3n) is 3.49. The minimum absolute atomic E-state index is 0.0263. The average Bonchev–Trinajstić information content (AvgIpc) is 2.46. The van der Waals surface area contributed by atoms with Crippen LogP contribution in [0.25, 0.3) is 10.9 Å². The Morgan fingerprint density at radius 1 is 1.30 bits per heavy atom. The molecule has 102 valence electrons. The number of aromatic carboxylic acids is 1. The number of rotatable bonds is 2. The molecule has 0 aliphatic carbocycles. The monoisotopic (exact) mass is 269 g/mol. The summed E-state index contributed by atoms with van der Waals surface area (Å²) in [5.74, 6) is -1.04. The summed E-state index contributed by atoms with van der Waals surface area (Å²) in [5.41, 5.74) is 2.67. The number of anilines is 1. The second-order valence-corrected chi connectivity index (χ2v) is 4.98. The number of aromatic nitrogens is 2. The fourth-order valence-electron chi connectivity index (χ4n) is 2.61. The van der Waals surface area contributed by atoms with Gasteiger partial charge in [0.15, 0.2) is 5.69 Å². The van der Waals surface area contributed by atoms with E-state index in [4.69, 9.17) is 0 Å². The van der Waals surface area contributed by atoms with Gasteiger partial charge in [0, 0.05) is 18.5 Å². The Bertz CT molecular complexity index is 709. The average molecular weight is 269 g/mol. The van der Waals surface area contributed by atoms with Crippen LogP contribution in [0, 0.1) is 0 Å². The van der Waals surface area contributed by atoms with Crippen LogP contribution >= 0.6 is 0 Å². The smallest absolute Gasteiger partial charge is 0.358 e. The lowest BCUT2D eigenvalue weighted by Crippen LogP contribution is -2.31. The second kappa shape index (κ2) is 4.92. The van der Waals surface area contributed by atoms with E-state index < -0.39 is 5.97 Å². The van der Waals surface area contributed by atoms with Crippen molar-refractivity contribution in [2.75, 3.05) is 18.0 Å². The molecule has 1 N–H and O–H groups in total. The number of fused-ring (bicyclic) bond motifs is 1. The zero-order valence-electron chi connectivity index (χ0n) is 11.2. The van der Waals surface area contributed by atoms with Crippen molar-refractivity contribution in [1.82, 2.24) is 10.2 Å². The van der Waals surface area contributed by atoms with E-state index in [0.29, 0.717) is 5.69 Å². The summed E-state index contributed by atoms with van der Waals surface area (Å²) in [7, 11) is 0. The second-order valence-electron chi connectivity index (χ2n) is 4.98. The number of carbonyl (C=O) groups is 1. The highest BCUT2D eigenvalue weighted by atomic mass is 16.4. The molecule has 0 saturated heterocycles. The van der Waals surface area contributed by atoms with E-state index in [1.54, 1.807) is 0 Å². The van der Waals surface area contributed by atoms with E-state index >= 15 is 0 Å². The maximum atomic E-state index is 11.4. The van der Waals surface area contributed by atoms with Crippen molar-refractivity contribution >= 4 is 22.6 Å². The van der Waals surface area contributed by atoms with Gasteiger partial charge in [-0.15, -0.1) is 10.2 Å². The van der Waals surface area contributed by atoms with E-state index in [2.05, 4.69) is 28.1 Å². The third kappa shape index (κ3) is 2.11. The lowest BCUT2D eigenvalue weighted by molar-refractivity contribution is 0.0690. The van der Waals surface area contributed by atoms with Gasteiger partial charge in [0.05, 0.1) is 11.2 Å². The lowest BCUT2D eigenvalue weighted by Gasteiger charge is -2.29. The minimum atomic E-state index is -1.04. The van der Waals surface area contributed by atoms with Gasteiger partial charge in [0.2, 0.25) is 0 Å². The number of carboxylic acid groups (broad SMARTS) is 1. The predicted octanol–water partition coefficient (Wildman–Crippen LogP) is 2.48. The molecule has 5 nitrogen and oxygen atoms in total. The van der Waals surface area contributed by atoms with Crippen molar-refractivity contribution in [3.8, 4) is 0 Å². The van der Waals surface area contributed by atoms with E-state index in [9.17, 15) is 9.90 Å². The largest absolute Gasteiger partial charge is 0.476 e. The summed E-state index contributed by atoms with van der Waals surface area (Å²) < 4.78 is 0. The standard InChI is InChI=1S/C15H15N3O2/c1-10-5-4-8-18(9-10)14-11-6-2-3-7-12(11)16-17-13(14)15(19)20/h2-3,5-7H,4,8-9H2,1H3,(H,19,20). The SMILES string of the molecule is CC1=CCCN(c2c(C(=O)O)nnc3ccccc23)C1. The fourth-order valence-corrected chi connectivity index (χ4v) is 2.61. The molecular formula is C15H15N3O2. The van der Waals surface area contributed by atoms with Crippen LogP contribution in [0.3, 0.4) is 0 Å². The highest BCUT2D eigenvalue weighted by Gasteiger charge is 2.22. The van der Waals surface area contributed by atoms with Gasteiger partial charge in [-0.1, -0.05) is 29.8 Å². The van der Waals surface area contributed by atoms with Crippen LogP contribution in [0.15, 0.2) is 35.9 Å². The molecule has 0 fully saturated rings. The molecule has 5 heteroatoms. The number of carboxylic acids is 1. The van der Waals surface area contributed by atoms with Crippen molar-refractivity contribution in [2.45, 2.75) is 13.3 Å². The Balaban J connectivity index is 2.22. The first-order valence-electron chi connectivity index (χ1n) is 6.56. The molecule has 2 aromatic rings. The molecule has 0 radical (unpaired) electrons. The summed E-state index contributed by atoms with van der Waals surface area (Å²) >= 11 is 0. The van der Waals surface area contributed by atoms with Gasteiger partial charge in [-0.2, -0.15) is 0 Å². The maximum Gasteiger partial charge on any atom is 0.358 e. The third-order valence-corrected chi connectivity index (χ3v) is 3.49. The van der Waals surface area contributed by atoms with E-state index in [1.165, 1.54) is 5.57 Å². The van der Waals surface area contributed by atoms with Gasteiger partial charge < -0.3 is 10.0 Å².